The number of ketones is 1. The fourth-order valence-corrected chi connectivity index (χ4v) is 2.94. The summed E-state index contributed by atoms with van der Waals surface area (Å²) in [6.07, 6.45) is 3.73. The van der Waals surface area contributed by atoms with Gasteiger partial charge in [0, 0.05) is 5.92 Å². The molecule has 0 saturated heterocycles. The van der Waals surface area contributed by atoms with Gasteiger partial charge in [0.1, 0.15) is 5.75 Å². The molecule has 23 heavy (non-hydrogen) atoms. The lowest BCUT2D eigenvalue weighted by molar-refractivity contribution is -0.139. The number of aliphatic hydroxyl groups excluding tert-OH is 1. The predicted octanol–water partition coefficient (Wildman–Crippen LogP) is 2.36. The van der Waals surface area contributed by atoms with Gasteiger partial charge in [-0.25, -0.2) is 0 Å². The highest BCUT2D eigenvalue weighted by molar-refractivity contribution is 5.91. The van der Waals surface area contributed by atoms with Crippen LogP contribution in [0.25, 0.3) is 0 Å². The molecular weight excluding hydrogens is 296 g/mol. The van der Waals surface area contributed by atoms with E-state index in [1.807, 2.05) is 25.1 Å². The van der Waals surface area contributed by atoms with Crippen LogP contribution in [0.15, 0.2) is 36.4 Å². The van der Waals surface area contributed by atoms with Crippen LogP contribution in [-0.4, -0.2) is 34.7 Å². The van der Waals surface area contributed by atoms with Crippen molar-refractivity contribution in [1.29, 1.82) is 0 Å². The van der Waals surface area contributed by atoms with E-state index in [4.69, 9.17) is 9.84 Å². The lowest BCUT2D eigenvalue weighted by Gasteiger charge is -2.17. The molecule has 0 aromatic heterocycles. The topological polar surface area (TPSA) is 83.8 Å². The third-order valence-corrected chi connectivity index (χ3v) is 4.15. The lowest BCUT2D eigenvalue weighted by atomic mass is 9.91. The Balaban J connectivity index is 1.86. The fraction of sp³-hybridized carbons (Fsp3) is 0.444. The van der Waals surface area contributed by atoms with Gasteiger partial charge < -0.3 is 14.9 Å². The van der Waals surface area contributed by atoms with E-state index < -0.39 is 12.1 Å². The number of carbonyl (C=O) groups excluding carboxylic acids is 1. The van der Waals surface area contributed by atoms with E-state index in [0.29, 0.717) is 18.6 Å². The van der Waals surface area contributed by atoms with Crippen molar-refractivity contribution in [2.45, 2.75) is 32.3 Å². The fourth-order valence-electron chi connectivity index (χ4n) is 2.94. The zero-order chi connectivity index (χ0) is 16.8. The summed E-state index contributed by atoms with van der Waals surface area (Å²) in [5, 5.41) is 18.7. The van der Waals surface area contributed by atoms with Gasteiger partial charge in [-0.05, 0) is 49.5 Å². The SMILES string of the molecule is Cc1cccc(OCC(=O)C=C[C@@H]2CC[C@@H](O)[C@H]2CC(=O)O)c1. The summed E-state index contributed by atoms with van der Waals surface area (Å²) in [4.78, 5) is 22.7. The van der Waals surface area contributed by atoms with Gasteiger partial charge in [0.2, 0.25) is 0 Å². The summed E-state index contributed by atoms with van der Waals surface area (Å²) in [5.74, 6) is -0.865. The predicted molar refractivity (Wildman–Crippen MR) is 85.3 cm³/mol. The van der Waals surface area contributed by atoms with E-state index in [2.05, 4.69) is 0 Å². The molecule has 124 valence electrons. The van der Waals surface area contributed by atoms with Gasteiger partial charge in [-0.3, -0.25) is 9.59 Å². The molecule has 1 fully saturated rings. The first-order valence-corrected chi connectivity index (χ1v) is 7.76. The molecule has 5 nitrogen and oxygen atoms in total. The first-order chi connectivity index (χ1) is 11.0. The van der Waals surface area contributed by atoms with E-state index in [9.17, 15) is 14.7 Å². The summed E-state index contributed by atoms with van der Waals surface area (Å²) in [6, 6.07) is 7.46. The molecule has 0 unspecified atom stereocenters. The summed E-state index contributed by atoms with van der Waals surface area (Å²) in [5.41, 5.74) is 1.06. The highest BCUT2D eigenvalue weighted by Crippen LogP contribution is 2.35. The van der Waals surface area contributed by atoms with Gasteiger partial charge >= 0.3 is 5.97 Å². The minimum atomic E-state index is -0.927. The Kier molecular flexibility index (Phi) is 5.93. The molecule has 0 aliphatic heterocycles. The number of carbonyl (C=O) groups is 2. The second kappa shape index (κ2) is 7.92. The maximum Gasteiger partial charge on any atom is 0.303 e. The molecule has 3 atom stereocenters. The molecule has 1 aromatic rings. The average Bonchev–Trinajstić information content (AvgIpc) is 2.83. The van der Waals surface area contributed by atoms with Gasteiger partial charge in [0.15, 0.2) is 12.4 Å². The zero-order valence-electron chi connectivity index (χ0n) is 13.1. The van der Waals surface area contributed by atoms with Gasteiger partial charge in [-0.2, -0.15) is 0 Å². The number of aliphatic carboxylic acids is 1. The monoisotopic (exact) mass is 318 g/mol. The number of hydrogen-bond acceptors (Lipinski definition) is 4. The Bertz CT molecular complexity index is 593. The molecule has 0 spiro atoms. The zero-order valence-corrected chi connectivity index (χ0v) is 13.1. The van der Waals surface area contributed by atoms with Crippen LogP contribution >= 0.6 is 0 Å². The van der Waals surface area contributed by atoms with Crippen molar-refractivity contribution < 1.29 is 24.5 Å². The first-order valence-electron chi connectivity index (χ1n) is 7.76. The molecule has 1 aliphatic rings. The van der Waals surface area contributed by atoms with Crippen molar-refractivity contribution in [1.82, 2.24) is 0 Å². The maximum atomic E-state index is 11.9. The molecule has 2 N–H and O–H groups in total. The molecule has 0 amide bonds. The Morgan fingerprint density at radius 3 is 2.83 bits per heavy atom. The molecular formula is C18H22O5. The smallest absolute Gasteiger partial charge is 0.303 e. The van der Waals surface area contributed by atoms with Crippen LogP contribution in [0.2, 0.25) is 0 Å². The van der Waals surface area contributed by atoms with Crippen LogP contribution in [0, 0.1) is 18.8 Å². The maximum absolute atomic E-state index is 11.9. The Morgan fingerprint density at radius 2 is 2.13 bits per heavy atom. The molecule has 1 aromatic carbocycles. The van der Waals surface area contributed by atoms with Gasteiger partial charge in [0.05, 0.1) is 12.5 Å². The van der Waals surface area contributed by atoms with E-state index in [1.54, 1.807) is 12.1 Å². The molecule has 0 heterocycles. The number of aliphatic hydroxyl groups is 1. The highest BCUT2D eigenvalue weighted by Gasteiger charge is 2.34. The van der Waals surface area contributed by atoms with E-state index in [0.717, 1.165) is 5.56 Å². The lowest BCUT2D eigenvalue weighted by Crippen LogP contribution is -2.21. The van der Waals surface area contributed by atoms with Crippen LogP contribution in [0.4, 0.5) is 0 Å². The summed E-state index contributed by atoms with van der Waals surface area (Å²) >= 11 is 0. The minimum Gasteiger partial charge on any atom is -0.485 e. The minimum absolute atomic E-state index is 0.0567. The molecule has 1 saturated carbocycles. The molecule has 1 aliphatic carbocycles. The highest BCUT2D eigenvalue weighted by atomic mass is 16.5. The average molecular weight is 318 g/mol. The Morgan fingerprint density at radius 1 is 1.35 bits per heavy atom. The molecule has 2 rings (SSSR count). The van der Waals surface area contributed by atoms with Crippen LogP contribution in [0.3, 0.4) is 0 Å². The van der Waals surface area contributed by atoms with Gasteiger partial charge in [0.25, 0.3) is 0 Å². The number of aryl methyl sites for hydroxylation is 1. The first kappa shape index (κ1) is 17.2. The van der Waals surface area contributed by atoms with Crippen molar-refractivity contribution >= 4 is 11.8 Å². The van der Waals surface area contributed by atoms with E-state index >= 15 is 0 Å². The van der Waals surface area contributed by atoms with Crippen molar-refractivity contribution in [2.75, 3.05) is 6.61 Å². The third kappa shape index (κ3) is 5.21. The number of carboxylic acids is 1. The Hall–Kier alpha value is -2.14. The quantitative estimate of drug-likeness (QED) is 0.754. The number of rotatable bonds is 7. The van der Waals surface area contributed by atoms with Crippen molar-refractivity contribution in [2.24, 2.45) is 11.8 Å². The number of carboxylic acid groups (broad SMARTS) is 1. The molecule has 5 heteroatoms. The summed E-state index contributed by atoms with van der Waals surface area (Å²) in [6.45, 7) is 1.89. The van der Waals surface area contributed by atoms with E-state index in [-0.39, 0.29) is 30.6 Å². The van der Waals surface area contributed by atoms with Crippen LogP contribution < -0.4 is 4.74 Å². The second-order valence-electron chi connectivity index (χ2n) is 6.00. The number of ether oxygens (including phenoxy) is 1. The van der Waals surface area contributed by atoms with Crippen LogP contribution in [-0.2, 0) is 9.59 Å². The standard InChI is InChI=1S/C18H22O5/c1-12-3-2-4-15(9-12)23-11-14(19)7-5-13-6-8-17(20)16(13)10-18(21)22/h2-5,7,9,13,16-17,20H,6,8,10-11H2,1H3,(H,21,22)/t13-,16+,17-/m1/s1. The third-order valence-electron chi connectivity index (χ3n) is 4.15. The summed E-state index contributed by atoms with van der Waals surface area (Å²) in [7, 11) is 0. The molecule has 0 bridgehead atoms. The van der Waals surface area contributed by atoms with Crippen LogP contribution in [0.5, 0.6) is 5.75 Å². The van der Waals surface area contributed by atoms with E-state index in [1.165, 1.54) is 6.08 Å². The van der Waals surface area contributed by atoms with Gasteiger partial charge in [-0.1, -0.05) is 18.2 Å². The van der Waals surface area contributed by atoms with Crippen molar-refractivity contribution in [3.63, 3.8) is 0 Å². The Labute approximate surface area is 135 Å². The molecule has 0 radical (unpaired) electrons. The largest absolute Gasteiger partial charge is 0.485 e. The summed E-state index contributed by atoms with van der Waals surface area (Å²) < 4.78 is 5.43. The van der Waals surface area contributed by atoms with Crippen molar-refractivity contribution in [3.8, 4) is 5.75 Å². The number of benzene rings is 1. The van der Waals surface area contributed by atoms with Gasteiger partial charge in [-0.15, -0.1) is 0 Å². The normalized spacial score (nSPS) is 24.0. The van der Waals surface area contributed by atoms with Crippen molar-refractivity contribution in [3.05, 3.63) is 42.0 Å². The number of hydrogen-bond donors (Lipinski definition) is 2. The number of allylic oxidation sites excluding steroid dienone is 1. The second-order valence-corrected chi connectivity index (χ2v) is 6.00. The van der Waals surface area contributed by atoms with Crippen LogP contribution in [0.1, 0.15) is 24.8 Å².